The lowest BCUT2D eigenvalue weighted by Gasteiger charge is -2.37. The van der Waals surface area contributed by atoms with Gasteiger partial charge in [0.1, 0.15) is 24.1 Å². The molecule has 0 saturated carbocycles. The molecule has 0 aliphatic carbocycles. The van der Waals surface area contributed by atoms with Crippen molar-refractivity contribution in [2.75, 3.05) is 62.7 Å². The summed E-state index contributed by atoms with van der Waals surface area (Å²) in [5.74, 6) is 1.52. The number of rotatable bonds is 5. The number of anilines is 2. The van der Waals surface area contributed by atoms with E-state index in [4.69, 9.17) is 9.72 Å². The smallest absolute Gasteiger partial charge is 0.234 e. The van der Waals surface area contributed by atoms with E-state index in [1.165, 1.54) is 34.0 Å². The quantitative estimate of drug-likeness (QED) is 0.575. The highest BCUT2D eigenvalue weighted by Gasteiger charge is 2.31. The van der Waals surface area contributed by atoms with E-state index in [1.54, 1.807) is 0 Å². The lowest BCUT2D eigenvalue weighted by Crippen LogP contribution is -2.45. The van der Waals surface area contributed by atoms with Crippen LogP contribution in [0.4, 0.5) is 11.5 Å². The second kappa shape index (κ2) is 10.2. The van der Waals surface area contributed by atoms with Crippen molar-refractivity contribution in [2.24, 2.45) is 0 Å². The van der Waals surface area contributed by atoms with Crippen LogP contribution in [-0.2, 0) is 13.0 Å². The molecule has 2 fully saturated rings. The second-order valence-corrected chi connectivity index (χ2v) is 10.6. The van der Waals surface area contributed by atoms with Crippen LogP contribution in [-0.4, -0.2) is 68.8 Å². The van der Waals surface area contributed by atoms with E-state index in [1.807, 2.05) is 0 Å². The first-order valence-electron chi connectivity index (χ1n) is 13.6. The summed E-state index contributed by atoms with van der Waals surface area (Å²) in [6, 6.07) is 15.9. The van der Waals surface area contributed by atoms with E-state index in [2.05, 4.69) is 76.5 Å². The van der Waals surface area contributed by atoms with E-state index in [-0.39, 0.29) is 0 Å². The van der Waals surface area contributed by atoms with Crippen LogP contribution in [0.3, 0.4) is 0 Å². The molecule has 4 heterocycles. The molecule has 192 valence electrons. The highest BCUT2D eigenvalue weighted by molar-refractivity contribution is 5.97. The molecule has 7 nitrogen and oxygen atoms in total. The monoisotopic (exact) mass is 496 g/mol. The third kappa shape index (κ3) is 4.49. The van der Waals surface area contributed by atoms with Crippen LogP contribution in [0.2, 0.25) is 0 Å². The molecule has 0 radical (unpaired) electrons. The van der Waals surface area contributed by atoms with Gasteiger partial charge in [0.05, 0.1) is 0 Å². The van der Waals surface area contributed by atoms with Gasteiger partial charge in [0.25, 0.3) is 0 Å². The molecule has 2 saturated heterocycles. The van der Waals surface area contributed by atoms with Gasteiger partial charge in [0, 0.05) is 67.5 Å². The summed E-state index contributed by atoms with van der Waals surface area (Å²) in [5.41, 5.74) is 5.42. The fourth-order valence-corrected chi connectivity index (χ4v) is 6.29. The predicted octanol–water partition coefficient (Wildman–Crippen LogP) is 3.86. The average molecular weight is 497 g/mol. The Balaban J connectivity index is 1.41. The molecule has 1 aromatic heterocycles. The number of benzene rings is 2. The van der Waals surface area contributed by atoms with Crippen molar-refractivity contribution in [3.8, 4) is 11.9 Å². The van der Waals surface area contributed by atoms with Gasteiger partial charge in [-0.25, -0.2) is 0 Å². The molecule has 1 N–H and O–H groups in total. The molecule has 3 aromatic rings. The van der Waals surface area contributed by atoms with Gasteiger partial charge in [-0.15, -0.1) is 0 Å². The molecule has 0 spiro atoms. The van der Waals surface area contributed by atoms with Crippen molar-refractivity contribution < 1.29 is 4.74 Å². The van der Waals surface area contributed by atoms with Crippen LogP contribution >= 0.6 is 0 Å². The molecule has 1 atom stereocenters. The van der Waals surface area contributed by atoms with E-state index < -0.39 is 0 Å². The zero-order valence-electron chi connectivity index (χ0n) is 22.0. The summed E-state index contributed by atoms with van der Waals surface area (Å²) < 4.78 is 6.37. The van der Waals surface area contributed by atoms with Crippen molar-refractivity contribution in [1.82, 2.24) is 15.2 Å². The van der Waals surface area contributed by atoms with Gasteiger partial charge in [-0.3, -0.25) is 0 Å². The van der Waals surface area contributed by atoms with Gasteiger partial charge in [-0.05, 0) is 56.8 Å². The minimum atomic E-state index is 0.377. The number of ether oxygens (including phenoxy) is 1. The van der Waals surface area contributed by atoms with E-state index in [0.29, 0.717) is 30.6 Å². The highest BCUT2D eigenvalue weighted by Crippen LogP contribution is 2.38. The zero-order valence-corrected chi connectivity index (χ0v) is 22.0. The van der Waals surface area contributed by atoms with Crippen molar-refractivity contribution in [1.29, 1.82) is 5.26 Å². The predicted molar refractivity (Wildman–Crippen MR) is 149 cm³/mol. The number of likely N-dealkylation sites (N-methyl/N-ethyl adjacent to an activating group) is 1. The van der Waals surface area contributed by atoms with E-state index >= 15 is 0 Å². The number of fused-ring (bicyclic) bond motifs is 2. The van der Waals surface area contributed by atoms with Gasteiger partial charge in [0.15, 0.2) is 0 Å². The summed E-state index contributed by atoms with van der Waals surface area (Å²) in [6.45, 7) is 9.17. The Labute approximate surface area is 219 Å². The van der Waals surface area contributed by atoms with E-state index in [0.717, 1.165) is 63.5 Å². The fourth-order valence-electron chi connectivity index (χ4n) is 6.29. The molecule has 7 heteroatoms. The van der Waals surface area contributed by atoms with Crippen LogP contribution < -0.4 is 19.9 Å². The topological polar surface area (TPSA) is 67.7 Å². The summed E-state index contributed by atoms with van der Waals surface area (Å²) in [6.07, 6.45) is 3.19. The van der Waals surface area contributed by atoms with Crippen LogP contribution in [0.1, 0.15) is 35.1 Å². The summed E-state index contributed by atoms with van der Waals surface area (Å²) in [7, 11) is 2.16. The molecular weight excluding hydrogens is 460 g/mol. The molecule has 0 bridgehead atoms. The fraction of sp³-hybridized carbons (Fsp3) is 0.467. The Morgan fingerprint density at radius 3 is 2.62 bits per heavy atom. The first-order valence-corrected chi connectivity index (χ1v) is 13.6. The third-order valence-electron chi connectivity index (χ3n) is 8.38. The van der Waals surface area contributed by atoms with Crippen molar-refractivity contribution in [3.05, 3.63) is 58.7 Å². The number of hydrogen-bond donors (Lipinski definition) is 1. The van der Waals surface area contributed by atoms with Gasteiger partial charge >= 0.3 is 0 Å². The van der Waals surface area contributed by atoms with Crippen LogP contribution in [0.15, 0.2) is 36.4 Å². The molecule has 3 aliphatic heterocycles. The minimum absolute atomic E-state index is 0.377. The number of piperazine rings is 1. The van der Waals surface area contributed by atoms with Gasteiger partial charge in [-0.1, -0.05) is 30.3 Å². The van der Waals surface area contributed by atoms with Crippen molar-refractivity contribution >= 4 is 22.3 Å². The van der Waals surface area contributed by atoms with Gasteiger partial charge in [0.2, 0.25) is 5.88 Å². The second-order valence-electron chi connectivity index (χ2n) is 10.6. The highest BCUT2D eigenvalue weighted by atomic mass is 16.5. The zero-order chi connectivity index (χ0) is 25.4. The normalized spacial score (nSPS) is 20.2. The molecule has 0 unspecified atom stereocenters. The number of aryl methyl sites for hydroxylation is 1. The maximum atomic E-state index is 10.4. The number of nitrogens with one attached hydrogen (secondary N) is 1. The first kappa shape index (κ1) is 24.0. The third-order valence-corrected chi connectivity index (χ3v) is 8.38. The van der Waals surface area contributed by atoms with Crippen molar-refractivity contribution in [3.63, 3.8) is 0 Å². The number of nitrogens with zero attached hydrogens (tertiary/aromatic N) is 5. The lowest BCUT2D eigenvalue weighted by atomic mass is 9.94. The standard InChI is InChI=1S/C30H36N6O/c1-21-6-3-7-22-8-4-10-27(28(21)22)36-15-11-24-26(19-36)25(18-31)30(37-20-23-9-5-14-34(23)2)33-29(24)35-16-12-32-13-17-35/h3-4,6-8,10,23,32H,5,9,11-17,19-20H2,1-2H3/t23-/m0/s1. The van der Waals surface area contributed by atoms with Crippen molar-refractivity contribution in [2.45, 2.75) is 38.8 Å². The maximum absolute atomic E-state index is 10.4. The summed E-state index contributed by atoms with van der Waals surface area (Å²) in [5, 5.41) is 16.4. The SMILES string of the molecule is Cc1cccc2cccc(N3CCc4c(N5CCNCC5)nc(OC[C@@H]5CCCN5C)c(C#N)c4C3)c12. The summed E-state index contributed by atoms with van der Waals surface area (Å²) >= 11 is 0. The Hall–Kier alpha value is -3.34. The molecule has 37 heavy (non-hydrogen) atoms. The first-order chi connectivity index (χ1) is 18.1. The van der Waals surface area contributed by atoms with Crippen LogP contribution in [0.25, 0.3) is 10.8 Å². The van der Waals surface area contributed by atoms with Crippen LogP contribution in [0, 0.1) is 18.3 Å². The number of nitriles is 1. The Morgan fingerprint density at radius 1 is 1.05 bits per heavy atom. The average Bonchev–Trinajstić information content (AvgIpc) is 3.35. The number of hydrogen-bond acceptors (Lipinski definition) is 7. The number of pyridine rings is 1. The molecular formula is C30H36N6O. The molecule has 0 amide bonds. The number of aromatic nitrogens is 1. The van der Waals surface area contributed by atoms with Crippen LogP contribution in [0.5, 0.6) is 5.88 Å². The molecule has 2 aromatic carbocycles. The maximum Gasteiger partial charge on any atom is 0.234 e. The summed E-state index contributed by atoms with van der Waals surface area (Å²) in [4.78, 5) is 12.2. The lowest BCUT2D eigenvalue weighted by molar-refractivity contribution is 0.193. The number of likely N-dealkylation sites (tertiary alicyclic amines) is 1. The Bertz CT molecular complexity index is 1340. The van der Waals surface area contributed by atoms with Gasteiger partial charge in [-0.2, -0.15) is 10.2 Å². The molecule has 6 rings (SSSR count). The Morgan fingerprint density at radius 2 is 1.86 bits per heavy atom. The van der Waals surface area contributed by atoms with Gasteiger partial charge < -0.3 is 24.8 Å². The van der Waals surface area contributed by atoms with E-state index in [9.17, 15) is 5.26 Å². The largest absolute Gasteiger partial charge is 0.475 e. The Kier molecular flexibility index (Phi) is 6.62. The minimum Gasteiger partial charge on any atom is -0.475 e. The molecule has 3 aliphatic rings.